The minimum atomic E-state index is -0.231. The Morgan fingerprint density at radius 1 is 1.00 bits per heavy atom. The van der Waals surface area contributed by atoms with Crippen LogP contribution in [-0.2, 0) is 4.79 Å². The number of ether oxygens (including phenoxy) is 1. The van der Waals surface area contributed by atoms with Gasteiger partial charge in [0, 0.05) is 37.4 Å². The molecule has 0 aliphatic carbocycles. The van der Waals surface area contributed by atoms with Crippen LogP contribution in [-0.4, -0.2) is 43.6 Å². The van der Waals surface area contributed by atoms with E-state index in [1.807, 2.05) is 61.5 Å². The molecule has 1 fully saturated rings. The Morgan fingerprint density at radius 2 is 1.71 bits per heavy atom. The van der Waals surface area contributed by atoms with Crippen molar-refractivity contribution in [2.24, 2.45) is 0 Å². The first-order valence-electron chi connectivity index (χ1n) is 10.6. The summed E-state index contributed by atoms with van der Waals surface area (Å²) in [5.41, 5.74) is 2.06. The molecule has 0 N–H and O–H groups in total. The van der Waals surface area contributed by atoms with Gasteiger partial charge in [-0.3, -0.25) is 4.79 Å². The van der Waals surface area contributed by atoms with Crippen molar-refractivity contribution in [2.75, 3.05) is 37.7 Å². The number of hydrogen-bond acceptors (Lipinski definition) is 4. The van der Waals surface area contributed by atoms with E-state index in [1.165, 1.54) is 0 Å². The van der Waals surface area contributed by atoms with Crippen LogP contribution in [0.5, 0.6) is 5.75 Å². The number of fused-ring (bicyclic) bond motifs is 1. The maximum Gasteiger partial charge on any atom is 0.264 e. The van der Waals surface area contributed by atoms with Gasteiger partial charge in [0.15, 0.2) is 0 Å². The van der Waals surface area contributed by atoms with E-state index in [9.17, 15) is 10.1 Å². The first kappa shape index (κ1) is 20.5. The molecule has 1 aliphatic heterocycles. The highest BCUT2D eigenvalue weighted by Gasteiger charge is 2.24. The topological polar surface area (TPSA) is 56.6 Å². The lowest BCUT2D eigenvalue weighted by atomic mass is 10.0. The number of rotatable bonds is 5. The van der Waals surface area contributed by atoms with Crippen LogP contribution >= 0.6 is 0 Å². The van der Waals surface area contributed by atoms with Gasteiger partial charge in [0.2, 0.25) is 0 Å². The Bertz CT molecular complexity index is 1140. The van der Waals surface area contributed by atoms with Gasteiger partial charge in [-0.05, 0) is 42.0 Å². The number of nitrogens with zero attached hydrogens (tertiary/aromatic N) is 3. The molecule has 1 heterocycles. The van der Waals surface area contributed by atoms with Crippen molar-refractivity contribution >= 4 is 28.4 Å². The molecular weight excluding hydrogens is 386 g/mol. The van der Waals surface area contributed by atoms with Crippen molar-refractivity contribution in [3.05, 3.63) is 77.9 Å². The molecule has 3 aromatic carbocycles. The van der Waals surface area contributed by atoms with Crippen LogP contribution in [0.25, 0.3) is 16.8 Å². The molecule has 5 heteroatoms. The number of amides is 1. The van der Waals surface area contributed by atoms with Gasteiger partial charge in [-0.1, -0.05) is 48.5 Å². The highest BCUT2D eigenvalue weighted by atomic mass is 16.5. The molecule has 0 unspecified atom stereocenters. The maximum absolute atomic E-state index is 13.2. The number of piperazine rings is 1. The molecule has 0 radical (unpaired) electrons. The summed E-state index contributed by atoms with van der Waals surface area (Å²) < 4.78 is 5.79. The Kier molecular flexibility index (Phi) is 6.18. The van der Waals surface area contributed by atoms with Crippen molar-refractivity contribution in [2.45, 2.75) is 6.92 Å². The second-order valence-corrected chi connectivity index (χ2v) is 7.42. The smallest absolute Gasteiger partial charge is 0.264 e. The number of benzene rings is 3. The van der Waals surface area contributed by atoms with Crippen LogP contribution < -0.4 is 9.64 Å². The van der Waals surface area contributed by atoms with Gasteiger partial charge in [0.1, 0.15) is 17.4 Å². The molecule has 31 heavy (non-hydrogen) atoms. The monoisotopic (exact) mass is 411 g/mol. The molecule has 1 saturated heterocycles. The van der Waals surface area contributed by atoms with Crippen LogP contribution in [0, 0.1) is 11.3 Å². The number of carbonyl (C=O) groups excluding carboxylic acids is 1. The molecular formula is C26H25N3O2. The molecule has 0 bridgehead atoms. The fourth-order valence-corrected chi connectivity index (χ4v) is 3.97. The summed E-state index contributed by atoms with van der Waals surface area (Å²) in [6.45, 7) is 5.09. The average molecular weight is 412 g/mol. The lowest BCUT2D eigenvalue weighted by Gasteiger charge is -2.36. The quantitative estimate of drug-likeness (QED) is 0.458. The third kappa shape index (κ3) is 4.39. The maximum atomic E-state index is 13.2. The van der Waals surface area contributed by atoms with Crippen LogP contribution in [0.1, 0.15) is 12.5 Å². The van der Waals surface area contributed by atoms with Crippen LogP contribution in [0.3, 0.4) is 0 Å². The van der Waals surface area contributed by atoms with Crippen molar-refractivity contribution in [1.29, 1.82) is 5.26 Å². The fourth-order valence-electron chi connectivity index (χ4n) is 3.97. The number of hydrogen-bond donors (Lipinski definition) is 0. The molecule has 5 nitrogen and oxygen atoms in total. The minimum Gasteiger partial charge on any atom is -0.493 e. The first-order chi connectivity index (χ1) is 15.2. The standard InChI is InChI=1S/C26H25N3O2/c1-2-31-25-13-12-20-8-6-7-11-23(20)24(25)18-21(19-27)26(30)29-16-14-28(15-17-29)22-9-4-3-5-10-22/h3-13,18H,2,14-17H2,1H3/b21-18-. The number of nitriles is 1. The predicted molar refractivity (Wildman–Crippen MR) is 124 cm³/mol. The van der Waals surface area contributed by atoms with E-state index in [0.717, 1.165) is 35.1 Å². The highest BCUT2D eigenvalue weighted by molar-refractivity contribution is 6.05. The molecule has 1 aliphatic rings. The van der Waals surface area contributed by atoms with Crippen molar-refractivity contribution in [3.63, 3.8) is 0 Å². The Morgan fingerprint density at radius 3 is 2.42 bits per heavy atom. The van der Waals surface area contributed by atoms with Crippen LogP contribution in [0.4, 0.5) is 5.69 Å². The second kappa shape index (κ2) is 9.36. The van der Waals surface area contributed by atoms with Gasteiger partial charge in [-0.15, -0.1) is 0 Å². The zero-order valence-electron chi connectivity index (χ0n) is 17.6. The van der Waals surface area contributed by atoms with Crippen molar-refractivity contribution in [1.82, 2.24) is 4.90 Å². The van der Waals surface area contributed by atoms with E-state index >= 15 is 0 Å². The summed E-state index contributed by atoms with van der Waals surface area (Å²) in [4.78, 5) is 17.2. The number of carbonyl (C=O) groups is 1. The Hall–Kier alpha value is -3.78. The molecule has 0 aromatic heterocycles. The summed E-state index contributed by atoms with van der Waals surface area (Å²) in [7, 11) is 0. The van der Waals surface area contributed by atoms with Gasteiger partial charge in [-0.2, -0.15) is 5.26 Å². The van der Waals surface area contributed by atoms with Gasteiger partial charge in [0.05, 0.1) is 6.61 Å². The van der Waals surface area contributed by atoms with E-state index in [-0.39, 0.29) is 11.5 Å². The molecule has 0 spiro atoms. The first-order valence-corrected chi connectivity index (χ1v) is 10.6. The molecule has 3 aromatic rings. The summed E-state index contributed by atoms with van der Waals surface area (Å²) in [6.07, 6.45) is 1.68. The minimum absolute atomic E-state index is 0.130. The summed E-state index contributed by atoms with van der Waals surface area (Å²) in [6, 6.07) is 24.1. The van der Waals surface area contributed by atoms with Crippen LogP contribution in [0.15, 0.2) is 72.3 Å². The van der Waals surface area contributed by atoms with E-state index < -0.39 is 0 Å². The third-order valence-corrected chi connectivity index (χ3v) is 5.56. The summed E-state index contributed by atoms with van der Waals surface area (Å²) in [5, 5.41) is 11.8. The Labute approximate surface area is 182 Å². The number of para-hydroxylation sites is 1. The normalized spacial score (nSPS) is 14.4. The van der Waals surface area contributed by atoms with E-state index in [1.54, 1.807) is 11.0 Å². The van der Waals surface area contributed by atoms with Gasteiger partial charge in [0.25, 0.3) is 5.91 Å². The lowest BCUT2D eigenvalue weighted by molar-refractivity contribution is -0.126. The highest BCUT2D eigenvalue weighted by Crippen LogP contribution is 2.30. The van der Waals surface area contributed by atoms with Crippen molar-refractivity contribution < 1.29 is 9.53 Å². The third-order valence-electron chi connectivity index (χ3n) is 5.56. The largest absolute Gasteiger partial charge is 0.493 e. The van der Waals surface area contributed by atoms with Gasteiger partial charge >= 0.3 is 0 Å². The molecule has 1 amide bonds. The average Bonchev–Trinajstić information content (AvgIpc) is 2.84. The summed E-state index contributed by atoms with van der Waals surface area (Å²) >= 11 is 0. The van der Waals surface area contributed by atoms with E-state index in [2.05, 4.69) is 23.1 Å². The molecule has 4 rings (SSSR count). The predicted octanol–water partition coefficient (Wildman–Crippen LogP) is 4.49. The zero-order chi connectivity index (χ0) is 21.6. The molecule has 0 atom stereocenters. The zero-order valence-corrected chi connectivity index (χ0v) is 17.6. The van der Waals surface area contributed by atoms with E-state index in [0.29, 0.717) is 25.4 Å². The molecule has 0 saturated carbocycles. The Balaban J connectivity index is 1.59. The van der Waals surface area contributed by atoms with Crippen LogP contribution in [0.2, 0.25) is 0 Å². The second-order valence-electron chi connectivity index (χ2n) is 7.42. The van der Waals surface area contributed by atoms with E-state index in [4.69, 9.17) is 4.74 Å². The van der Waals surface area contributed by atoms with Crippen molar-refractivity contribution in [3.8, 4) is 11.8 Å². The molecule has 156 valence electrons. The summed E-state index contributed by atoms with van der Waals surface area (Å²) in [5.74, 6) is 0.446. The fraction of sp³-hybridized carbons (Fsp3) is 0.231. The lowest BCUT2D eigenvalue weighted by Crippen LogP contribution is -2.49. The SMILES string of the molecule is CCOc1ccc2ccccc2c1/C=C(/C#N)C(=O)N1CCN(c2ccccc2)CC1. The number of anilines is 1. The van der Waals surface area contributed by atoms with Gasteiger partial charge < -0.3 is 14.5 Å². The van der Waals surface area contributed by atoms with Gasteiger partial charge in [-0.25, -0.2) is 0 Å².